The van der Waals surface area contributed by atoms with Crippen LogP contribution in [0.2, 0.25) is 0 Å². The standard InChI is InChI=1S/C21H31N3O4/c25-14-19-18(24-21(27)16-3-1-2-4-16)6-5-17(28-19)9-12-23-20(26)13-15-7-10-22-11-8-15/h7-8,10-11,16-19,25H,1-6,9,12-14H2,(H,23,26)(H,24,27)/t17-,18-,19+/m0/s1. The Labute approximate surface area is 166 Å². The summed E-state index contributed by atoms with van der Waals surface area (Å²) in [5.74, 6) is 0.196. The van der Waals surface area contributed by atoms with Gasteiger partial charge in [0.2, 0.25) is 11.8 Å². The van der Waals surface area contributed by atoms with Gasteiger partial charge in [0.05, 0.1) is 25.2 Å². The number of carbonyl (C=O) groups is 2. The van der Waals surface area contributed by atoms with Gasteiger partial charge < -0.3 is 20.5 Å². The Hall–Kier alpha value is -1.99. The maximum Gasteiger partial charge on any atom is 0.224 e. The van der Waals surface area contributed by atoms with Gasteiger partial charge in [-0.2, -0.15) is 0 Å². The zero-order chi connectivity index (χ0) is 19.8. The Morgan fingerprint density at radius 3 is 2.61 bits per heavy atom. The smallest absolute Gasteiger partial charge is 0.224 e. The normalized spacial score (nSPS) is 25.4. The van der Waals surface area contributed by atoms with Crippen molar-refractivity contribution in [3.05, 3.63) is 30.1 Å². The minimum absolute atomic E-state index is 0.0157. The minimum atomic E-state index is -0.378. The van der Waals surface area contributed by atoms with Gasteiger partial charge in [0, 0.05) is 24.9 Å². The Kier molecular flexibility index (Phi) is 7.80. The molecule has 2 aliphatic rings. The summed E-state index contributed by atoms with van der Waals surface area (Å²) < 4.78 is 5.99. The van der Waals surface area contributed by atoms with Crippen molar-refractivity contribution >= 4 is 11.8 Å². The minimum Gasteiger partial charge on any atom is -0.394 e. The molecule has 7 heteroatoms. The van der Waals surface area contributed by atoms with Crippen LogP contribution < -0.4 is 10.6 Å². The zero-order valence-electron chi connectivity index (χ0n) is 16.3. The molecule has 0 bridgehead atoms. The van der Waals surface area contributed by atoms with Crippen molar-refractivity contribution < 1.29 is 19.4 Å². The molecule has 0 unspecified atom stereocenters. The van der Waals surface area contributed by atoms with Crippen molar-refractivity contribution in [3.63, 3.8) is 0 Å². The highest BCUT2D eigenvalue weighted by Gasteiger charge is 2.33. The molecule has 2 fully saturated rings. The van der Waals surface area contributed by atoms with Crippen LogP contribution in [0.5, 0.6) is 0 Å². The van der Waals surface area contributed by atoms with Crippen LogP contribution in [0, 0.1) is 5.92 Å². The van der Waals surface area contributed by atoms with E-state index in [1.165, 1.54) is 0 Å². The van der Waals surface area contributed by atoms with Gasteiger partial charge in [-0.3, -0.25) is 14.6 Å². The fraction of sp³-hybridized carbons (Fsp3) is 0.667. The fourth-order valence-corrected chi connectivity index (χ4v) is 4.12. The van der Waals surface area contributed by atoms with Crippen molar-refractivity contribution in [2.75, 3.05) is 13.2 Å². The van der Waals surface area contributed by atoms with Crippen LogP contribution in [0.4, 0.5) is 0 Å². The number of pyridine rings is 1. The number of carbonyl (C=O) groups excluding carboxylic acids is 2. The molecular weight excluding hydrogens is 358 g/mol. The molecule has 1 aliphatic heterocycles. The molecule has 3 N–H and O–H groups in total. The predicted molar refractivity (Wildman–Crippen MR) is 104 cm³/mol. The zero-order valence-corrected chi connectivity index (χ0v) is 16.3. The van der Waals surface area contributed by atoms with Crippen molar-refractivity contribution in [2.45, 2.75) is 69.6 Å². The third-order valence-corrected chi connectivity index (χ3v) is 5.75. The van der Waals surface area contributed by atoms with E-state index in [4.69, 9.17) is 4.74 Å². The van der Waals surface area contributed by atoms with Crippen molar-refractivity contribution in [1.29, 1.82) is 0 Å². The SMILES string of the molecule is O=C(Cc1ccncc1)NCC[C@@H]1CC[C@H](NC(=O)C2CCCC2)[C@@H](CO)O1. The molecule has 28 heavy (non-hydrogen) atoms. The van der Waals surface area contributed by atoms with E-state index < -0.39 is 0 Å². The number of nitrogens with one attached hydrogen (secondary N) is 2. The Balaban J connectivity index is 1.37. The van der Waals surface area contributed by atoms with Gasteiger partial charge in [-0.15, -0.1) is 0 Å². The van der Waals surface area contributed by atoms with E-state index in [2.05, 4.69) is 15.6 Å². The van der Waals surface area contributed by atoms with Crippen LogP contribution in [0.1, 0.15) is 50.5 Å². The van der Waals surface area contributed by atoms with Crippen molar-refractivity contribution in [3.8, 4) is 0 Å². The number of hydrogen-bond acceptors (Lipinski definition) is 5. The molecule has 1 saturated carbocycles. The second-order valence-corrected chi connectivity index (χ2v) is 7.82. The summed E-state index contributed by atoms with van der Waals surface area (Å²) in [7, 11) is 0. The van der Waals surface area contributed by atoms with Crippen LogP contribution in [-0.2, 0) is 20.7 Å². The third-order valence-electron chi connectivity index (χ3n) is 5.75. The van der Waals surface area contributed by atoms with E-state index in [9.17, 15) is 14.7 Å². The average molecular weight is 389 g/mol. The first-order chi connectivity index (χ1) is 13.7. The molecule has 2 heterocycles. The van der Waals surface area contributed by atoms with Crippen LogP contribution in [-0.4, -0.2) is 53.3 Å². The summed E-state index contributed by atoms with van der Waals surface area (Å²) in [5.41, 5.74) is 0.933. The van der Waals surface area contributed by atoms with Crippen LogP contribution in [0.3, 0.4) is 0 Å². The highest BCUT2D eigenvalue weighted by atomic mass is 16.5. The number of ether oxygens (including phenoxy) is 1. The summed E-state index contributed by atoms with van der Waals surface area (Å²) in [6.45, 7) is 0.423. The van der Waals surface area contributed by atoms with Gasteiger partial charge in [-0.1, -0.05) is 12.8 Å². The van der Waals surface area contributed by atoms with E-state index in [0.29, 0.717) is 19.4 Å². The molecule has 1 aromatic heterocycles. The molecule has 7 nitrogen and oxygen atoms in total. The second-order valence-electron chi connectivity index (χ2n) is 7.82. The Morgan fingerprint density at radius 2 is 1.89 bits per heavy atom. The molecule has 1 saturated heterocycles. The molecule has 2 amide bonds. The van der Waals surface area contributed by atoms with Gasteiger partial charge in [-0.05, 0) is 49.8 Å². The summed E-state index contributed by atoms with van der Waals surface area (Å²) >= 11 is 0. The number of amides is 2. The molecule has 0 spiro atoms. The highest BCUT2D eigenvalue weighted by Crippen LogP contribution is 2.26. The van der Waals surface area contributed by atoms with E-state index in [1.807, 2.05) is 12.1 Å². The van der Waals surface area contributed by atoms with Gasteiger partial charge in [0.25, 0.3) is 0 Å². The summed E-state index contributed by atoms with van der Waals surface area (Å²) in [5, 5.41) is 15.7. The van der Waals surface area contributed by atoms with Crippen LogP contribution >= 0.6 is 0 Å². The predicted octanol–water partition coefficient (Wildman–Crippen LogP) is 1.35. The Morgan fingerprint density at radius 1 is 1.14 bits per heavy atom. The van der Waals surface area contributed by atoms with Crippen molar-refractivity contribution in [1.82, 2.24) is 15.6 Å². The molecule has 0 radical (unpaired) electrons. The van der Waals surface area contributed by atoms with E-state index in [-0.39, 0.29) is 42.6 Å². The molecular formula is C21H31N3O4. The van der Waals surface area contributed by atoms with Gasteiger partial charge in [0.15, 0.2) is 0 Å². The quantitative estimate of drug-likeness (QED) is 0.623. The maximum absolute atomic E-state index is 12.4. The average Bonchev–Trinajstić information content (AvgIpc) is 3.25. The fourth-order valence-electron chi connectivity index (χ4n) is 4.12. The monoisotopic (exact) mass is 389 g/mol. The summed E-state index contributed by atoms with van der Waals surface area (Å²) in [6, 6.07) is 3.53. The lowest BCUT2D eigenvalue weighted by Gasteiger charge is -2.36. The highest BCUT2D eigenvalue weighted by molar-refractivity contribution is 5.79. The lowest BCUT2D eigenvalue weighted by molar-refractivity contribution is -0.132. The molecule has 1 aliphatic carbocycles. The number of aliphatic hydroxyl groups excluding tert-OH is 1. The third kappa shape index (κ3) is 6.01. The lowest BCUT2D eigenvalue weighted by Crippen LogP contribution is -2.52. The molecule has 3 rings (SSSR count). The number of nitrogens with zero attached hydrogens (tertiary/aromatic N) is 1. The first kappa shape index (κ1) is 20.7. The number of aliphatic hydroxyl groups is 1. The first-order valence-corrected chi connectivity index (χ1v) is 10.4. The lowest BCUT2D eigenvalue weighted by atomic mass is 9.96. The molecule has 154 valence electrons. The summed E-state index contributed by atoms with van der Waals surface area (Å²) in [6.07, 6.45) is 9.77. The van der Waals surface area contributed by atoms with E-state index in [1.54, 1.807) is 12.4 Å². The largest absolute Gasteiger partial charge is 0.394 e. The number of aromatic nitrogens is 1. The number of rotatable bonds is 8. The van der Waals surface area contributed by atoms with Crippen LogP contribution in [0.15, 0.2) is 24.5 Å². The summed E-state index contributed by atoms with van der Waals surface area (Å²) in [4.78, 5) is 28.3. The Bertz CT molecular complexity index is 634. The maximum atomic E-state index is 12.4. The molecule has 1 aromatic rings. The van der Waals surface area contributed by atoms with Crippen LogP contribution in [0.25, 0.3) is 0 Å². The molecule has 3 atom stereocenters. The van der Waals surface area contributed by atoms with Gasteiger partial charge in [0.1, 0.15) is 6.10 Å². The topological polar surface area (TPSA) is 101 Å². The number of hydrogen-bond donors (Lipinski definition) is 3. The van der Waals surface area contributed by atoms with Gasteiger partial charge >= 0.3 is 0 Å². The van der Waals surface area contributed by atoms with Gasteiger partial charge in [-0.25, -0.2) is 0 Å². The molecule has 0 aromatic carbocycles. The van der Waals surface area contributed by atoms with E-state index in [0.717, 1.165) is 44.1 Å². The van der Waals surface area contributed by atoms with Crippen molar-refractivity contribution in [2.24, 2.45) is 5.92 Å². The first-order valence-electron chi connectivity index (χ1n) is 10.4. The van der Waals surface area contributed by atoms with E-state index >= 15 is 0 Å². The second kappa shape index (κ2) is 10.5.